The van der Waals surface area contributed by atoms with E-state index in [4.69, 9.17) is 4.74 Å². The summed E-state index contributed by atoms with van der Waals surface area (Å²) in [4.78, 5) is 13.9. The van der Waals surface area contributed by atoms with Gasteiger partial charge in [0.1, 0.15) is 5.60 Å². The average Bonchev–Trinajstić information content (AvgIpc) is 2.37. The third kappa shape index (κ3) is 7.41. The monoisotopic (exact) mass is 316 g/mol. The van der Waals surface area contributed by atoms with Gasteiger partial charge in [0.25, 0.3) is 0 Å². The normalized spacial score (nSPS) is 18.6. The van der Waals surface area contributed by atoms with Crippen LogP contribution in [0.1, 0.15) is 53.4 Å². The van der Waals surface area contributed by atoms with Crippen LogP contribution in [0.4, 0.5) is 4.79 Å². The van der Waals surface area contributed by atoms with Crippen LogP contribution in [-0.2, 0) is 4.74 Å². The Hall–Kier alpha value is -0.420. The van der Waals surface area contributed by atoms with Gasteiger partial charge in [0.2, 0.25) is 0 Å². The molecule has 1 N–H and O–H groups in total. The van der Waals surface area contributed by atoms with E-state index >= 15 is 0 Å². The highest BCUT2D eigenvalue weighted by Crippen LogP contribution is 2.23. The van der Waals surface area contributed by atoms with Crippen molar-refractivity contribution in [3.05, 3.63) is 0 Å². The second-order valence-electron chi connectivity index (χ2n) is 7.15. The molecule has 0 aromatic rings. The Morgan fingerprint density at radius 2 is 1.90 bits per heavy atom. The number of thioether (sulfide) groups is 1. The molecule has 0 saturated carbocycles. The van der Waals surface area contributed by atoms with Crippen LogP contribution in [0, 0.1) is 0 Å². The Balaban J connectivity index is 2.28. The maximum atomic E-state index is 12.0. The molecule has 1 aliphatic heterocycles. The summed E-state index contributed by atoms with van der Waals surface area (Å²) in [5, 5.41) is 3.68. The zero-order valence-corrected chi connectivity index (χ0v) is 15.1. The number of hydrogen-bond acceptors (Lipinski definition) is 4. The Morgan fingerprint density at radius 1 is 1.29 bits per heavy atom. The number of rotatable bonds is 6. The first-order valence-electron chi connectivity index (χ1n) is 7.98. The molecule has 0 aromatic carbocycles. The van der Waals surface area contributed by atoms with Gasteiger partial charge in [-0.25, -0.2) is 4.79 Å². The fourth-order valence-corrected chi connectivity index (χ4v) is 2.94. The molecule has 4 nitrogen and oxygen atoms in total. The van der Waals surface area contributed by atoms with E-state index in [0.29, 0.717) is 0 Å². The van der Waals surface area contributed by atoms with Crippen LogP contribution in [0.15, 0.2) is 0 Å². The first kappa shape index (κ1) is 18.6. The van der Waals surface area contributed by atoms with Gasteiger partial charge in [-0.2, -0.15) is 11.8 Å². The SMILES string of the molecule is CSCCCCNC1(C)CCN(C(=O)OC(C)(C)C)CC1. The van der Waals surface area contributed by atoms with Crippen LogP contribution in [0.3, 0.4) is 0 Å². The Morgan fingerprint density at radius 3 is 2.43 bits per heavy atom. The summed E-state index contributed by atoms with van der Waals surface area (Å²) in [6, 6.07) is 0. The second-order valence-corrected chi connectivity index (χ2v) is 8.14. The third-order valence-electron chi connectivity index (χ3n) is 3.85. The largest absolute Gasteiger partial charge is 0.444 e. The summed E-state index contributed by atoms with van der Waals surface area (Å²) in [5.74, 6) is 1.24. The number of ether oxygens (including phenoxy) is 1. The predicted molar refractivity (Wildman–Crippen MR) is 91.1 cm³/mol. The van der Waals surface area contributed by atoms with Gasteiger partial charge < -0.3 is 15.0 Å². The molecule has 0 bridgehead atoms. The molecule has 124 valence electrons. The lowest BCUT2D eigenvalue weighted by Gasteiger charge is -2.40. The topological polar surface area (TPSA) is 41.6 Å². The third-order valence-corrected chi connectivity index (χ3v) is 4.54. The van der Waals surface area contributed by atoms with Crippen molar-refractivity contribution in [2.45, 2.75) is 64.5 Å². The highest BCUT2D eigenvalue weighted by molar-refractivity contribution is 7.98. The van der Waals surface area contributed by atoms with Gasteiger partial charge in [0.05, 0.1) is 0 Å². The molecule has 0 unspecified atom stereocenters. The summed E-state index contributed by atoms with van der Waals surface area (Å²) >= 11 is 1.91. The minimum atomic E-state index is -0.409. The van der Waals surface area contributed by atoms with Crippen LogP contribution < -0.4 is 5.32 Å². The van der Waals surface area contributed by atoms with Gasteiger partial charge >= 0.3 is 6.09 Å². The molecule has 0 aliphatic carbocycles. The van der Waals surface area contributed by atoms with E-state index in [9.17, 15) is 4.79 Å². The average molecular weight is 317 g/mol. The number of likely N-dealkylation sites (tertiary alicyclic amines) is 1. The molecule has 1 amide bonds. The van der Waals surface area contributed by atoms with E-state index in [-0.39, 0.29) is 11.6 Å². The van der Waals surface area contributed by atoms with Crippen molar-refractivity contribution in [2.75, 3.05) is 31.6 Å². The molecule has 5 heteroatoms. The van der Waals surface area contributed by atoms with E-state index in [1.54, 1.807) is 0 Å². The standard InChI is InChI=1S/C16H32N2O2S/c1-15(2,3)20-14(19)18-11-8-16(4,9-12-18)17-10-6-7-13-21-5/h17H,6-13H2,1-5H3. The Labute approximate surface area is 134 Å². The van der Waals surface area contributed by atoms with Crippen LogP contribution in [0.25, 0.3) is 0 Å². The highest BCUT2D eigenvalue weighted by atomic mass is 32.2. The van der Waals surface area contributed by atoms with E-state index in [1.165, 1.54) is 18.6 Å². The lowest BCUT2D eigenvalue weighted by molar-refractivity contribution is 0.0158. The van der Waals surface area contributed by atoms with Crippen LogP contribution in [-0.4, -0.2) is 53.8 Å². The van der Waals surface area contributed by atoms with Gasteiger partial charge in [0.15, 0.2) is 0 Å². The second kappa shape index (κ2) is 8.28. The summed E-state index contributed by atoms with van der Waals surface area (Å²) in [5.41, 5.74) is -0.245. The Bertz CT molecular complexity index is 321. The molecule has 0 aromatic heterocycles. The maximum absolute atomic E-state index is 12.0. The molecule has 0 atom stereocenters. The predicted octanol–water partition coefficient (Wildman–Crippen LogP) is 3.51. The number of piperidine rings is 1. The lowest BCUT2D eigenvalue weighted by Crippen LogP contribution is -2.53. The number of nitrogens with zero attached hydrogens (tertiary/aromatic N) is 1. The summed E-state index contributed by atoms with van der Waals surface area (Å²) in [6.45, 7) is 10.6. The molecule has 0 spiro atoms. The van der Waals surface area contributed by atoms with Crippen LogP contribution in [0.5, 0.6) is 0 Å². The van der Waals surface area contributed by atoms with Crippen molar-refractivity contribution >= 4 is 17.9 Å². The minimum Gasteiger partial charge on any atom is -0.444 e. The smallest absolute Gasteiger partial charge is 0.410 e. The summed E-state index contributed by atoms with van der Waals surface area (Å²) in [6.07, 6.45) is 6.47. The fourth-order valence-electron chi connectivity index (χ4n) is 2.45. The van der Waals surface area contributed by atoms with Crippen molar-refractivity contribution < 1.29 is 9.53 Å². The molecule has 1 fully saturated rings. The number of unbranched alkanes of at least 4 members (excludes halogenated alkanes) is 1. The number of hydrogen-bond donors (Lipinski definition) is 1. The van der Waals surface area contributed by atoms with Crippen LogP contribution >= 0.6 is 11.8 Å². The minimum absolute atomic E-state index is 0.165. The lowest BCUT2D eigenvalue weighted by atomic mass is 9.89. The van der Waals surface area contributed by atoms with Crippen LogP contribution in [0.2, 0.25) is 0 Å². The van der Waals surface area contributed by atoms with E-state index in [2.05, 4.69) is 18.5 Å². The molecular weight excluding hydrogens is 284 g/mol. The first-order chi connectivity index (χ1) is 9.76. The first-order valence-corrected chi connectivity index (χ1v) is 9.37. The molecule has 1 saturated heterocycles. The molecule has 1 rings (SSSR count). The van der Waals surface area contributed by atoms with Gasteiger partial charge in [-0.3, -0.25) is 0 Å². The summed E-state index contributed by atoms with van der Waals surface area (Å²) < 4.78 is 5.44. The van der Waals surface area contributed by atoms with Gasteiger partial charge in [0, 0.05) is 18.6 Å². The van der Waals surface area contributed by atoms with E-state index in [1.807, 2.05) is 37.4 Å². The van der Waals surface area contributed by atoms with Crippen molar-refractivity contribution in [3.63, 3.8) is 0 Å². The van der Waals surface area contributed by atoms with Crippen molar-refractivity contribution in [2.24, 2.45) is 0 Å². The van der Waals surface area contributed by atoms with Gasteiger partial charge in [-0.05, 0) is 71.9 Å². The Kier molecular flexibility index (Phi) is 7.34. The fraction of sp³-hybridized carbons (Fsp3) is 0.938. The number of amides is 1. The number of carbonyl (C=O) groups is 1. The molecule has 1 aliphatic rings. The molecular formula is C16H32N2O2S. The zero-order chi connectivity index (χ0) is 15.9. The van der Waals surface area contributed by atoms with Gasteiger partial charge in [-0.1, -0.05) is 0 Å². The van der Waals surface area contributed by atoms with E-state index in [0.717, 1.165) is 32.5 Å². The quantitative estimate of drug-likeness (QED) is 0.761. The summed E-state index contributed by atoms with van der Waals surface area (Å²) in [7, 11) is 0. The van der Waals surface area contributed by atoms with Crippen molar-refractivity contribution in [3.8, 4) is 0 Å². The van der Waals surface area contributed by atoms with Crippen molar-refractivity contribution in [1.29, 1.82) is 0 Å². The van der Waals surface area contributed by atoms with E-state index < -0.39 is 5.60 Å². The van der Waals surface area contributed by atoms with Crippen molar-refractivity contribution in [1.82, 2.24) is 10.2 Å². The zero-order valence-electron chi connectivity index (χ0n) is 14.3. The number of carbonyl (C=O) groups excluding carboxylic acids is 1. The molecule has 21 heavy (non-hydrogen) atoms. The number of nitrogens with one attached hydrogen (secondary N) is 1. The maximum Gasteiger partial charge on any atom is 0.410 e. The van der Waals surface area contributed by atoms with Gasteiger partial charge in [-0.15, -0.1) is 0 Å². The molecule has 0 radical (unpaired) electrons. The molecule has 1 heterocycles. The highest BCUT2D eigenvalue weighted by Gasteiger charge is 2.32.